The summed E-state index contributed by atoms with van der Waals surface area (Å²) in [6.07, 6.45) is 4.42. The minimum Gasteiger partial charge on any atom is -0.349 e. The maximum absolute atomic E-state index is 12.5. The standard InChI is InChI=1S/C17H26N2O/c1-12-7-3-5-9-15(12)13(2)19-17(20)16-10-6-4-8-14(16)11-18/h3,5,7,9,13-14,16H,4,6,8,10-11,18H2,1-2H3,(H,19,20)/t13-,14?,16?/m1/s1. The van der Waals surface area contributed by atoms with E-state index in [-0.39, 0.29) is 17.9 Å². The van der Waals surface area contributed by atoms with Crippen molar-refractivity contribution in [3.63, 3.8) is 0 Å². The summed E-state index contributed by atoms with van der Waals surface area (Å²) in [7, 11) is 0. The van der Waals surface area contributed by atoms with E-state index in [4.69, 9.17) is 5.73 Å². The van der Waals surface area contributed by atoms with E-state index in [0.29, 0.717) is 12.5 Å². The Morgan fingerprint density at radius 3 is 2.75 bits per heavy atom. The van der Waals surface area contributed by atoms with Gasteiger partial charge in [-0.3, -0.25) is 4.79 Å². The number of carbonyl (C=O) groups is 1. The third kappa shape index (κ3) is 3.40. The van der Waals surface area contributed by atoms with Crippen molar-refractivity contribution in [3.8, 4) is 0 Å². The van der Waals surface area contributed by atoms with E-state index >= 15 is 0 Å². The number of nitrogens with two attached hydrogens (primary N) is 1. The maximum atomic E-state index is 12.5. The Morgan fingerprint density at radius 1 is 1.35 bits per heavy atom. The summed E-state index contributed by atoms with van der Waals surface area (Å²) in [5, 5.41) is 3.18. The molecule has 0 aliphatic heterocycles. The first-order chi connectivity index (χ1) is 9.63. The average molecular weight is 274 g/mol. The zero-order valence-electron chi connectivity index (χ0n) is 12.6. The minimum absolute atomic E-state index is 0.0593. The lowest BCUT2D eigenvalue weighted by Crippen LogP contribution is -2.40. The van der Waals surface area contributed by atoms with E-state index in [1.165, 1.54) is 17.5 Å². The summed E-state index contributed by atoms with van der Waals surface area (Å²) in [4.78, 5) is 12.5. The van der Waals surface area contributed by atoms with Crippen LogP contribution >= 0.6 is 0 Å². The van der Waals surface area contributed by atoms with Crippen molar-refractivity contribution in [2.75, 3.05) is 6.54 Å². The third-order valence-corrected chi connectivity index (χ3v) is 4.56. The molecule has 0 saturated heterocycles. The second kappa shape index (κ2) is 6.89. The molecule has 1 aromatic carbocycles. The monoisotopic (exact) mass is 274 g/mol. The van der Waals surface area contributed by atoms with E-state index in [1.807, 2.05) is 12.1 Å². The third-order valence-electron chi connectivity index (χ3n) is 4.56. The fourth-order valence-corrected chi connectivity index (χ4v) is 3.31. The highest BCUT2D eigenvalue weighted by Gasteiger charge is 2.30. The van der Waals surface area contributed by atoms with Gasteiger partial charge in [0.05, 0.1) is 6.04 Å². The van der Waals surface area contributed by atoms with Gasteiger partial charge >= 0.3 is 0 Å². The molecule has 3 nitrogen and oxygen atoms in total. The first kappa shape index (κ1) is 15.0. The van der Waals surface area contributed by atoms with Crippen molar-refractivity contribution in [2.45, 2.75) is 45.6 Å². The van der Waals surface area contributed by atoms with Crippen molar-refractivity contribution in [1.29, 1.82) is 0 Å². The van der Waals surface area contributed by atoms with Gasteiger partial charge in [-0.25, -0.2) is 0 Å². The van der Waals surface area contributed by atoms with Gasteiger partial charge in [0, 0.05) is 5.92 Å². The fraction of sp³-hybridized carbons (Fsp3) is 0.588. The van der Waals surface area contributed by atoms with Gasteiger partial charge in [0.15, 0.2) is 0 Å². The largest absolute Gasteiger partial charge is 0.349 e. The molecular weight excluding hydrogens is 248 g/mol. The molecule has 3 heteroatoms. The lowest BCUT2D eigenvalue weighted by molar-refractivity contribution is -0.128. The zero-order chi connectivity index (χ0) is 14.5. The summed E-state index contributed by atoms with van der Waals surface area (Å²) in [5.74, 6) is 0.629. The van der Waals surface area contributed by atoms with Gasteiger partial charge in [-0.1, -0.05) is 37.1 Å². The van der Waals surface area contributed by atoms with Crippen LogP contribution in [0.4, 0.5) is 0 Å². The highest BCUT2D eigenvalue weighted by Crippen LogP contribution is 2.30. The Hall–Kier alpha value is -1.35. The average Bonchev–Trinajstić information content (AvgIpc) is 2.47. The second-order valence-electron chi connectivity index (χ2n) is 5.97. The molecule has 0 heterocycles. The number of carbonyl (C=O) groups excluding carboxylic acids is 1. The van der Waals surface area contributed by atoms with E-state index in [0.717, 1.165) is 19.3 Å². The molecule has 1 saturated carbocycles. The summed E-state index contributed by atoms with van der Waals surface area (Å²) in [5.41, 5.74) is 8.23. The number of aryl methyl sites for hydroxylation is 1. The number of nitrogens with one attached hydrogen (secondary N) is 1. The number of amides is 1. The predicted octanol–water partition coefficient (Wildman–Crippen LogP) is 2.94. The molecule has 0 bridgehead atoms. The van der Waals surface area contributed by atoms with Crippen LogP contribution in [0.25, 0.3) is 0 Å². The quantitative estimate of drug-likeness (QED) is 0.887. The molecule has 20 heavy (non-hydrogen) atoms. The van der Waals surface area contributed by atoms with E-state index in [2.05, 4.69) is 31.3 Å². The van der Waals surface area contributed by atoms with Crippen molar-refractivity contribution in [2.24, 2.45) is 17.6 Å². The van der Waals surface area contributed by atoms with Gasteiger partial charge in [0.1, 0.15) is 0 Å². The van der Waals surface area contributed by atoms with Crippen LogP contribution in [0, 0.1) is 18.8 Å². The Morgan fingerprint density at radius 2 is 2.05 bits per heavy atom. The smallest absolute Gasteiger partial charge is 0.223 e. The first-order valence-electron chi connectivity index (χ1n) is 7.69. The number of hydrogen-bond donors (Lipinski definition) is 2. The van der Waals surface area contributed by atoms with Crippen LogP contribution in [0.5, 0.6) is 0 Å². The van der Waals surface area contributed by atoms with Crippen LogP contribution in [0.3, 0.4) is 0 Å². The molecule has 0 spiro atoms. The lowest BCUT2D eigenvalue weighted by Gasteiger charge is -2.30. The molecule has 0 aromatic heterocycles. The van der Waals surface area contributed by atoms with Crippen LogP contribution < -0.4 is 11.1 Å². The van der Waals surface area contributed by atoms with Crippen molar-refractivity contribution in [3.05, 3.63) is 35.4 Å². The Labute approximate surface area is 121 Å². The highest BCUT2D eigenvalue weighted by atomic mass is 16.1. The summed E-state index contributed by atoms with van der Waals surface area (Å²) < 4.78 is 0. The summed E-state index contributed by atoms with van der Waals surface area (Å²) in [6, 6.07) is 8.28. The molecule has 1 aliphatic rings. The second-order valence-corrected chi connectivity index (χ2v) is 5.97. The normalized spacial score (nSPS) is 24.1. The Balaban J connectivity index is 2.02. The van der Waals surface area contributed by atoms with Crippen molar-refractivity contribution >= 4 is 5.91 Å². The molecule has 3 N–H and O–H groups in total. The number of rotatable bonds is 4. The minimum atomic E-state index is 0.0593. The maximum Gasteiger partial charge on any atom is 0.223 e. The Bertz CT molecular complexity index is 458. The summed E-state index contributed by atoms with van der Waals surface area (Å²) in [6.45, 7) is 4.76. The van der Waals surface area contributed by atoms with Gasteiger partial charge < -0.3 is 11.1 Å². The fourth-order valence-electron chi connectivity index (χ4n) is 3.31. The molecule has 1 amide bonds. The number of hydrogen-bond acceptors (Lipinski definition) is 2. The topological polar surface area (TPSA) is 55.1 Å². The zero-order valence-corrected chi connectivity index (χ0v) is 12.6. The first-order valence-corrected chi connectivity index (χ1v) is 7.69. The van der Waals surface area contributed by atoms with Gasteiger partial charge in [-0.05, 0) is 50.3 Å². The Kier molecular flexibility index (Phi) is 5.18. The van der Waals surface area contributed by atoms with E-state index < -0.39 is 0 Å². The van der Waals surface area contributed by atoms with Crippen molar-refractivity contribution in [1.82, 2.24) is 5.32 Å². The highest BCUT2D eigenvalue weighted by molar-refractivity contribution is 5.79. The van der Waals surface area contributed by atoms with Gasteiger partial charge in [-0.15, -0.1) is 0 Å². The SMILES string of the molecule is Cc1ccccc1[C@@H](C)NC(=O)C1CCCCC1CN. The summed E-state index contributed by atoms with van der Waals surface area (Å²) >= 11 is 0. The number of benzene rings is 1. The van der Waals surface area contributed by atoms with Gasteiger partial charge in [0.25, 0.3) is 0 Å². The molecule has 1 aromatic rings. The van der Waals surface area contributed by atoms with E-state index in [9.17, 15) is 4.79 Å². The molecule has 3 atom stereocenters. The lowest BCUT2D eigenvalue weighted by atomic mass is 9.78. The van der Waals surface area contributed by atoms with Crippen LogP contribution in [0.2, 0.25) is 0 Å². The molecule has 2 unspecified atom stereocenters. The van der Waals surface area contributed by atoms with Crippen LogP contribution in [-0.2, 0) is 4.79 Å². The van der Waals surface area contributed by atoms with Crippen LogP contribution in [0.1, 0.15) is 49.8 Å². The van der Waals surface area contributed by atoms with Crippen LogP contribution in [0.15, 0.2) is 24.3 Å². The predicted molar refractivity (Wildman–Crippen MR) is 82.2 cm³/mol. The van der Waals surface area contributed by atoms with E-state index in [1.54, 1.807) is 0 Å². The van der Waals surface area contributed by atoms with Gasteiger partial charge in [-0.2, -0.15) is 0 Å². The molecule has 2 rings (SSSR count). The van der Waals surface area contributed by atoms with Gasteiger partial charge in [0.2, 0.25) is 5.91 Å². The van der Waals surface area contributed by atoms with Crippen molar-refractivity contribution < 1.29 is 4.79 Å². The molecule has 110 valence electrons. The molecule has 1 aliphatic carbocycles. The molecule has 0 radical (unpaired) electrons. The van der Waals surface area contributed by atoms with Crippen LogP contribution in [-0.4, -0.2) is 12.5 Å². The molecule has 1 fully saturated rings. The molecular formula is C17H26N2O.